The maximum Gasteiger partial charge on any atom is 0.0482 e. The summed E-state index contributed by atoms with van der Waals surface area (Å²) < 4.78 is 2.34. The Kier molecular flexibility index (Phi) is 3.73. The molecule has 0 atom stereocenters. The molecule has 1 N–H and O–H groups in total. The zero-order valence-electron chi connectivity index (χ0n) is 13.1. The van der Waals surface area contributed by atoms with E-state index >= 15 is 0 Å². The second-order valence-corrected chi connectivity index (χ2v) is 6.47. The van der Waals surface area contributed by atoms with Crippen molar-refractivity contribution in [3.63, 3.8) is 0 Å². The van der Waals surface area contributed by atoms with Crippen molar-refractivity contribution in [3.05, 3.63) is 35.0 Å². The summed E-state index contributed by atoms with van der Waals surface area (Å²) in [6.45, 7) is 10.1. The van der Waals surface area contributed by atoms with E-state index in [2.05, 4.69) is 62.8 Å². The number of benzene rings is 1. The maximum atomic E-state index is 3.24. The van der Waals surface area contributed by atoms with Crippen LogP contribution in [0.2, 0.25) is 0 Å². The zero-order valence-corrected chi connectivity index (χ0v) is 13.1. The molecule has 0 saturated carbocycles. The highest BCUT2D eigenvalue weighted by atomic mass is 15.0. The van der Waals surface area contributed by atoms with Gasteiger partial charge in [-0.05, 0) is 42.6 Å². The Morgan fingerprint density at radius 3 is 2.47 bits per heavy atom. The van der Waals surface area contributed by atoms with Crippen molar-refractivity contribution < 1.29 is 0 Å². The van der Waals surface area contributed by atoms with E-state index in [0.29, 0.717) is 0 Å². The molecule has 0 radical (unpaired) electrons. The Labute approximate surface area is 116 Å². The third-order valence-electron chi connectivity index (χ3n) is 4.08. The Bertz CT molecular complexity index is 585. The smallest absolute Gasteiger partial charge is 0.0482 e. The molecule has 2 aromatic rings. The van der Waals surface area contributed by atoms with E-state index in [1.807, 2.05) is 7.05 Å². The van der Waals surface area contributed by atoms with Gasteiger partial charge in [0.2, 0.25) is 0 Å². The second kappa shape index (κ2) is 5.01. The van der Waals surface area contributed by atoms with Gasteiger partial charge in [-0.15, -0.1) is 0 Å². The average molecular weight is 258 g/mol. The van der Waals surface area contributed by atoms with E-state index in [0.717, 1.165) is 13.0 Å². The molecule has 0 amide bonds. The van der Waals surface area contributed by atoms with Gasteiger partial charge in [0, 0.05) is 36.6 Å². The molecule has 19 heavy (non-hydrogen) atoms. The highest BCUT2D eigenvalue weighted by molar-refractivity contribution is 5.86. The predicted molar refractivity (Wildman–Crippen MR) is 84.0 cm³/mol. The fraction of sp³-hybridized carbons (Fsp3) is 0.529. The topological polar surface area (TPSA) is 17.0 Å². The van der Waals surface area contributed by atoms with Crippen LogP contribution in [0.3, 0.4) is 0 Å². The molecule has 0 unspecified atom stereocenters. The van der Waals surface area contributed by atoms with Crippen LogP contribution in [0, 0.1) is 6.92 Å². The number of nitrogens with one attached hydrogen (secondary N) is 1. The van der Waals surface area contributed by atoms with Gasteiger partial charge in [-0.3, -0.25) is 0 Å². The van der Waals surface area contributed by atoms with Crippen molar-refractivity contribution in [1.29, 1.82) is 0 Å². The number of nitrogens with zero attached hydrogens (tertiary/aromatic N) is 1. The number of aryl methyl sites for hydroxylation is 2. The Morgan fingerprint density at radius 2 is 1.89 bits per heavy atom. The van der Waals surface area contributed by atoms with Crippen LogP contribution in [0.4, 0.5) is 0 Å². The molecule has 0 spiro atoms. The van der Waals surface area contributed by atoms with Gasteiger partial charge in [0.05, 0.1) is 0 Å². The number of fused-ring (bicyclic) bond motifs is 1. The number of hydrogen-bond donors (Lipinski definition) is 1. The Morgan fingerprint density at radius 1 is 1.21 bits per heavy atom. The average Bonchev–Trinajstić information content (AvgIpc) is 2.59. The van der Waals surface area contributed by atoms with Crippen molar-refractivity contribution in [3.8, 4) is 0 Å². The van der Waals surface area contributed by atoms with Crippen LogP contribution >= 0.6 is 0 Å². The number of aromatic nitrogens is 1. The van der Waals surface area contributed by atoms with E-state index < -0.39 is 0 Å². The molecule has 0 saturated heterocycles. The van der Waals surface area contributed by atoms with Crippen LogP contribution in [0.25, 0.3) is 10.9 Å². The minimum atomic E-state index is 0.210. The fourth-order valence-electron chi connectivity index (χ4n) is 2.75. The van der Waals surface area contributed by atoms with Crippen molar-refractivity contribution in [2.45, 2.75) is 39.5 Å². The van der Waals surface area contributed by atoms with Gasteiger partial charge >= 0.3 is 0 Å². The van der Waals surface area contributed by atoms with Crippen LogP contribution in [0.5, 0.6) is 0 Å². The van der Waals surface area contributed by atoms with Crippen molar-refractivity contribution in [2.75, 3.05) is 13.6 Å². The molecule has 2 nitrogen and oxygen atoms in total. The van der Waals surface area contributed by atoms with E-state index in [1.165, 1.54) is 27.7 Å². The third-order valence-corrected chi connectivity index (χ3v) is 4.08. The van der Waals surface area contributed by atoms with Crippen LogP contribution in [-0.4, -0.2) is 18.2 Å². The molecule has 2 rings (SSSR count). The molecule has 1 aromatic heterocycles. The first-order chi connectivity index (χ1) is 8.86. The Hall–Kier alpha value is -1.28. The molecular formula is C17H26N2. The molecule has 0 aliphatic carbocycles. The first kappa shape index (κ1) is 14.1. The second-order valence-electron chi connectivity index (χ2n) is 6.47. The molecule has 1 heterocycles. The first-order valence-corrected chi connectivity index (χ1v) is 7.09. The van der Waals surface area contributed by atoms with Gasteiger partial charge in [-0.2, -0.15) is 0 Å². The largest absolute Gasteiger partial charge is 0.347 e. The quantitative estimate of drug-likeness (QED) is 0.891. The molecule has 2 heteroatoms. The van der Waals surface area contributed by atoms with Gasteiger partial charge in [-0.25, -0.2) is 0 Å². The van der Waals surface area contributed by atoms with E-state index in [-0.39, 0.29) is 5.41 Å². The van der Waals surface area contributed by atoms with Gasteiger partial charge in [0.1, 0.15) is 0 Å². The summed E-state index contributed by atoms with van der Waals surface area (Å²) in [7, 11) is 4.19. The summed E-state index contributed by atoms with van der Waals surface area (Å²) in [4.78, 5) is 0. The predicted octanol–water partition coefficient (Wildman–Crippen LogP) is 3.55. The first-order valence-electron chi connectivity index (χ1n) is 7.09. The molecule has 0 bridgehead atoms. The SMILES string of the molecule is CNCCc1c(C)c2cc(C(C)(C)C)ccc2n1C. The Balaban J connectivity index is 2.57. The zero-order chi connectivity index (χ0) is 14.2. The summed E-state index contributed by atoms with van der Waals surface area (Å²) in [6, 6.07) is 6.91. The highest BCUT2D eigenvalue weighted by Crippen LogP contribution is 2.30. The van der Waals surface area contributed by atoms with Crippen LogP contribution in [0.1, 0.15) is 37.6 Å². The summed E-state index contributed by atoms with van der Waals surface area (Å²) in [5.74, 6) is 0. The molecular weight excluding hydrogens is 232 g/mol. The number of rotatable bonds is 3. The minimum absolute atomic E-state index is 0.210. The normalized spacial score (nSPS) is 12.3. The highest BCUT2D eigenvalue weighted by Gasteiger charge is 2.17. The summed E-state index contributed by atoms with van der Waals surface area (Å²) in [5, 5.41) is 4.64. The van der Waals surface area contributed by atoms with Crippen molar-refractivity contribution >= 4 is 10.9 Å². The van der Waals surface area contributed by atoms with Crippen LogP contribution in [-0.2, 0) is 18.9 Å². The molecule has 1 aromatic carbocycles. The summed E-state index contributed by atoms with van der Waals surface area (Å²) in [5.41, 5.74) is 5.83. The van der Waals surface area contributed by atoms with E-state index in [4.69, 9.17) is 0 Å². The van der Waals surface area contributed by atoms with Crippen molar-refractivity contribution in [2.24, 2.45) is 7.05 Å². The van der Waals surface area contributed by atoms with Crippen LogP contribution < -0.4 is 5.32 Å². The van der Waals surface area contributed by atoms with E-state index in [9.17, 15) is 0 Å². The number of hydrogen-bond acceptors (Lipinski definition) is 1. The standard InChI is InChI=1S/C17H26N2/c1-12-14-11-13(17(2,3)4)7-8-16(14)19(6)15(12)9-10-18-5/h7-8,11,18H,9-10H2,1-6H3. The van der Waals surface area contributed by atoms with Gasteiger partial charge in [0.25, 0.3) is 0 Å². The summed E-state index contributed by atoms with van der Waals surface area (Å²) >= 11 is 0. The lowest BCUT2D eigenvalue weighted by Crippen LogP contribution is -2.12. The lowest BCUT2D eigenvalue weighted by atomic mass is 9.86. The fourth-order valence-corrected chi connectivity index (χ4v) is 2.75. The number of likely N-dealkylation sites (N-methyl/N-ethyl adjacent to an activating group) is 1. The monoisotopic (exact) mass is 258 g/mol. The van der Waals surface area contributed by atoms with Crippen LogP contribution in [0.15, 0.2) is 18.2 Å². The summed E-state index contributed by atoms with van der Waals surface area (Å²) in [6.07, 6.45) is 1.08. The van der Waals surface area contributed by atoms with E-state index in [1.54, 1.807) is 0 Å². The van der Waals surface area contributed by atoms with Gasteiger partial charge in [-0.1, -0.05) is 26.8 Å². The minimum Gasteiger partial charge on any atom is -0.347 e. The van der Waals surface area contributed by atoms with Gasteiger partial charge in [0.15, 0.2) is 0 Å². The lowest BCUT2D eigenvalue weighted by Gasteiger charge is -2.19. The molecule has 104 valence electrons. The lowest BCUT2D eigenvalue weighted by molar-refractivity contribution is 0.591. The van der Waals surface area contributed by atoms with Crippen molar-refractivity contribution in [1.82, 2.24) is 9.88 Å². The maximum absolute atomic E-state index is 3.24. The molecule has 0 aliphatic rings. The van der Waals surface area contributed by atoms with Gasteiger partial charge < -0.3 is 9.88 Å². The third kappa shape index (κ3) is 2.55. The molecule has 0 aliphatic heterocycles. The molecule has 0 fully saturated rings.